The third-order valence-corrected chi connectivity index (χ3v) is 2.76. The van der Waals surface area contributed by atoms with Crippen molar-refractivity contribution in [3.05, 3.63) is 5.56 Å². The van der Waals surface area contributed by atoms with E-state index in [1.807, 2.05) is 0 Å². The zero-order valence-corrected chi connectivity index (χ0v) is 8.75. The van der Waals surface area contributed by atoms with Crippen molar-refractivity contribution in [3.8, 4) is 0 Å². The summed E-state index contributed by atoms with van der Waals surface area (Å²) in [7, 11) is 0. The topological polar surface area (TPSA) is 61.2 Å². The van der Waals surface area contributed by atoms with Gasteiger partial charge in [-0.05, 0) is 13.5 Å². The van der Waals surface area contributed by atoms with Gasteiger partial charge in [0.2, 0.25) is 0 Å². The van der Waals surface area contributed by atoms with Crippen LogP contribution >= 0.6 is 0 Å². The minimum atomic E-state index is 0.705. The van der Waals surface area contributed by atoms with Gasteiger partial charge in [0, 0.05) is 13.1 Å². The van der Waals surface area contributed by atoms with Gasteiger partial charge in [-0.25, -0.2) is 0 Å². The fraction of sp³-hybridized carbons (Fsp3) is 0.667. The van der Waals surface area contributed by atoms with Crippen LogP contribution in [0.1, 0.15) is 19.4 Å². The second-order valence-corrected chi connectivity index (χ2v) is 3.58. The SMILES string of the molecule is CCN1Cc2c(n[nH]c2N)N(CC)C1. The molecular formula is C9H17N5. The number of nitrogens with zero attached hydrogens (tertiary/aromatic N) is 3. The molecule has 2 rings (SSSR count). The number of H-pyrrole nitrogens is 1. The number of fused-ring (bicyclic) bond motifs is 1. The quantitative estimate of drug-likeness (QED) is 0.726. The first-order valence-electron chi connectivity index (χ1n) is 5.06. The summed E-state index contributed by atoms with van der Waals surface area (Å²) in [4.78, 5) is 4.58. The minimum Gasteiger partial charge on any atom is -0.384 e. The van der Waals surface area contributed by atoms with E-state index in [9.17, 15) is 0 Å². The van der Waals surface area contributed by atoms with E-state index in [1.165, 1.54) is 0 Å². The summed E-state index contributed by atoms with van der Waals surface area (Å²) >= 11 is 0. The highest BCUT2D eigenvalue weighted by Gasteiger charge is 2.24. The predicted molar refractivity (Wildman–Crippen MR) is 57.0 cm³/mol. The zero-order valence-electron chi connectivity index (χ0n) is 8.75. The molecule has 0 unspecified atom stereocenters. The van der Waals surface area contributed by atoms with Crippen LogP contribution < -0.4 is 10.6 Å². The van der Waals surface area contributed by atoms with E-state index in [0.29, 0.717) is 5.82 Å². The Bertz CT molecular complexity index is 319. The smallest absolute Gasteiger partial charge is 0.158 e. The molecule has 14 heavy (non-hydrogen) atoms. The maximum atomic E-state index is 5.82. The predicted octanol–water partition coefficient (Wildman–Crippen LogP) is 0.611. The summed E-state index contributed by atoms with van der Waals surface area (Å²) in [6, 6.07) is 0. The first-order valence-corrected chi connectivity index (χ1v) is 5.06. The van der Waals surface area contributed by atoms with Gasteiger partial charge < -0.3 is 10.6 Å². The Kier molecular flexibility index (Phi) is 2.33. The lowest BCUT2D eigenvalue weighted by molar-refractivity contribution is 0.266. The van der Waals surface area contributed by atoms with E-state index in [-0.39, 0.29) is 0 Å². The number of anilines is 2. The summed E-state index contributed by atoms with van der Waals surface area (Å²) in [5.41, 5.74) is 6.96. The van der Waals surface area contributed by atoms with Crippen LogP contribution in [0.3, 0.4) is 0 Å². The van der Waals surface area contributed by atoms with E-state index < -0.39 is 0 Å². The molecule has 0 radical (unpaired) electrons. The molecule has 1 aliphatic rings. The Labute approximate surface area is 83.9 Å². The number of hydrogen-bond acceptors (Lipinski definition) is 4. The normalized spacial score (nSPS) is 17.1. The Balaban J connectivity index is 2.32. The van der Waals surface area contributed by atoms with Crippen LogP contribution in [0.2, 0.25) is 0 Å². The van der Waals surface area contributed by atoms with E-state index >= 15 is 0 Å². The van der Waals surface area contributed by atoms with Crippen LogP contribution in [0.25, 0.3) is 0 Å². The summed E-state index contributed by atoms with van der Waals surface area (Å²) in [6.07, 6.45) is 0. The lowest BCUT2D eigenvalue weighted by Gasteiger charge is -2.34. The van der Waals surface area contributed by atoms with Gasteiger partial charge in [-0.15, -0.1) is 0 Å². The molecule has 0 aromatic carbocycles. The average Bonchev–Trinajstić information content (AvgIpc) is 2.59. The van der Waals surface area contributed by atoms with Crippen molar-refractivity contribution >= 4 is 11.6 Å². The standard InChI is InChI=1S/C9H17N5/c1-3-13-5-7-8(10)11-12-9(7)14(4-2)6-13/h3-6H2,1-2H3,(H3,10,11,12). The van der Waals surface area contributed by atoms with Gasteiger partial charge in [0.1, 0.15) is 5.82 Å². The molecule has 0 amide bonds. The third-order valence-electron chi connectivity index (χ3n) is 2.76. The molecule has 0 aliphatic carbocycles. The minimum absolute atomic E-state index is 0.705. The Morgan fingerprint density at radius 3 is 2.86 bits per heavy atom. The molecule has 0 spiro atoms. The molecule has 1 aromatic rings. The van der Waals surface area contributed by atoms with Crippen LogP contribution in [0.15, 0.2) is 0 Å². The molecule has 1 aliphatic heterocycles. The molecule has 0 fully saturated rings. The van der Waals surface area contributed by atoms with Crippen molar-refractivity contribution in [3.63, 3.8) is 0 Å². The van der Waals surface area contributed by atoms with Crippen LogP contribution in [-0.4, -0.2) is 34.9 Å². The summed E-state index contributed by atoms with van der Waals surface area (Å²) in [6.45, 7) is 8.16. The first kappa shape index (κ1) is 9.33. The molecule has 5 heteroatoms. The molecule has 3 N–H and O–H groups in total. The first-order chi connectivity index (χ1) is 6.76. The average molecular weight is 195 g/mol. The largest absolute Gasteiger partial charge is 0.384 e. The molecule has 5 nitrogen and oxygen atoms in total. The Morgan fingerprint density at radius 1 is 1.43 bits per heavy atom. The van der Waals surface area contributed by atoms with E-state index in [0.717, 1.165) is 37.7 Å². The summed E-state index contributed by atoms with van der Waals surface area (Å²) in [5, 5.41) is 7.07. The van der Waals surface area contributed by atoms with Gasteiger partial charge in [0.15, 0.2) is 5.82 Å². The molecule has 0 atom stereocenters. The van der Waals surface area contributed by atoms with E-state index in [4.69, 9.17) is 5.73 Å². The molecule has 0 saturated carbocycles. The fourth-order valence-corrected chi connectivity index (χ4v) is 1.83. The number of aromatic amines is 1. The molecule has 0 bridgehead atoms. The van der Waals surface area contributed by atoms with Crippen LogP contribution in [0.4, 0.5) is 11.6 Å². The number of nitrogen functional groups attached to an aromatic ring is 1. The maximum absolute atomic E-state index is 5.82. The molecule has 1 aromatic heterocycles. The number of nitrogens with two attached hydrogens (primary N) is 1. The van der Waals surface area contributed by atoms with Gasteiger partial charge in [0.25, 0.3) is 0 Å². The number of rotatable bonds is 2. The second kappa shape index (κ2) is 3.49. The Hall–Kier alpha value is -1.23. The zero-order chi connectivity index (χ0) is 10.1. The van der Waals surface area contributed by atoms with Gasteiger partial charge in [-0.1, -0.05) is 6.92 Å². The van der Waals surface area contributed by atoms with Crippen LogP contribution in [-0.2, 0) is 6.54 Å². The highest BCUT2D eigenvalue weighted by atomic mass is 15.4. The molecule has 0 saturated heterocycles. The molecule has 2 heterocycles. The van der Waals surface area contributed by atoms with Crippen LogP contribution in [0, 0.1) is 0 Å². The van der Waals surface area contributed by atoms with Crippen molar-refractivity contribution < 1.29 is 0 Å². The number of nitrogens with one attached hydrogen (secondary N) is 1. The fourth-order valence-electron chi connectivity index (χ4n) is 1.83. The third kappa shape index (κ3) is 1.33. The Morgan fingerprint density at radius 2 is 2.21 bits per heavy atom. The van der Waals surface area contributed by atoms with Gasteiger partial charge in [-0.2, -0.15) is 5.10 Å². The van der Waals surface area contributed by atoms with E-state index in [1.54, 1.807) is 0 Å². The van der Waals surface area contributed by atoms with Crippen LogP contribution in [0.5, 0.6) is 0 Å². The van der Waals surface area contributed by atoms with Gasteiger partial charge in [-0.3, -0.25) is 10.00 Å². The highest BCUT2D eigenvalue weighted by molar-refractivity contribution is 5.58. The number of hydrogen-bond donors (Lipinski definition) is 2. The van der Waals surface area contributed by atoms with E-state index in [2.05, 4.69) is 33.8 Å². The summed E-state index contributed by atoms with van der Waals surface area (Å²) in [5.74, 6) is 1.73. The summed E-state index contributed by atoms with van der Waals surface area (Å²) < 4.78 is 0. The van der Waals surface area contributed by atoms with Crippen molar-refractivity contribution in [1.82, 2.24) is 15.1 Å². The lowest BCUT2D eigenvalue weighted by atomic mass is 10.2. The monoisotopic (exact) mass is 195 g/mol. The second-order valence-electron chi connectivity index (χ2n) is 3.58. The maximum Gasteiger partial charge on any atom is 0.158 e. The number of aromatic nitrogens is 2. The van der Waals surface area contributed by atoms with Crippen molar-refractivity contribution in [2.24, 2.45) is 0 Å². The highest BCUT2D eigenvalue weighted by Crippen LogP contribution is 2.28. The lowest BCUT2D eigenvalue weighted by Crippen LogP contribution is -2.42. The molecular weight excluding hydrogens is 178 g/mol. The van der Waals surface area contributed by atoms with Gasteiger partial charge in [0.05, 0.1) is 12.2 Å². The van der Waals surface area contributed by atoms with Crippen molar-refractivity contribution in [1.29, 1.82) is 0 Å². The van der Waals surface area contributed by atoms with Crippen molar-refractivity contribution in [2.75, 3.05) is 30.4 Å². The molecule has 78 valence electrons. The van der Waals surface area contributed by atoms with Gasteiger partial charge >= 0.3 is 0 Å². The van der Waals surface area contributed by atoms with Crippen molar-refractivity contribution in [2.45, 2.75) is 20.4 Å².